The van der Waals surface area contributed by atoms with Gasteiger partial charge in [-0.05, 0) is 107 Å². The highest BCUT2D eigenvalue weighted by Gasteiger charge is 2.33. The number of rotatable bonds is 9. The van der Waals surface area contributed by atoms with E-state index in [-0.39, 0.29) is 0 Å². The van der Waals surface area contributed by atoms with E-state index in [0.717, 1.165) is 60.3 Å². The quantitative estimate of drug-likeness (QED) is 0.145. The first-order chi connectivity index (χ1) is 34.2. The van der Waals surface area contributed by atoms with Gasteiger partial charge in [-0.25, -0.2) is 0 Å². The maximum Gasteiger partial charge on any atom is 0.240 e. The fourth-order valence-electron chi connectivity index (χ4n) is 10.2. The van der Waals surface area contributed by atoms with E-state index >= 15 is 0 Å². The zero-order valence-electron chi connectivity index (χ0n) is 37.5. The van der Waals surface area contributed by atoms with Crippen molar-refractivity contribution in [3.63, 3.8) is 0 Å². The van der Waals surface area contributed by atoms with Crippen LogP contribution in [0, 0.1) is 0 Å². The second-order valence-electron chi connectivity index (χ2n) is 17.2. The smallest absolute Gasteiger partial charge is 0.240 e. The molecule has 0 fully saturated rings. The van der Waals surface area contributed by atoms with Gasteiger partial charge in [0.25, 0.3) is 0 Å². The van der Waals surface area contributed by atoms with Crippen molar-refractivity contribution in [3.05, 3.63) is 261 Å². The molecule has 0 aliphatic rings. The molecule has 0 atom stereocenters. The summed E-state index contributed by atoms with van der Waals surface area (Å²) in [5.74, 6) is 1.67. The van der Waals surface area contributed by atoms with Crippen molar-refractivity contribution < 1.29 is 0 Å². The average Bonchev–Trinajstić information content (AvgIpc) is 3.95. The maximum absolute atomic E-state index is 5.49. The average molecular weight is 902 g/mol. The lowest BCUT2D eigenvalue weighted by molar-refractivity contribution is 0.892. The molecule has 0 aliphatic carbocycles. The third-order valence-corrected chi connectivity index (χ3v) is 17.2. The van der Waals surface area contributed by atoms with Crippen LogP contribution < -0.4 is 0 Å². The fourth-order valence-corrected chi connectivity index (χ4v) is 14.1. The van der Waals surface area contributed by atoms with Gasteiger partial charge in [-0.1, -0.05) is 176 Å². The van der Waals surface area contributed by atoms with Gasteiger partial charge in [-0.2, -0.15) is 15.0 Å². The number of hydrogen-bond acceptors (Lipinski definition) is 3. The molecule has 0 bridgehead atoms. The van der Waals surface area contributed by atoms with E-state index in [1.54, 1.807) is 0 Å². The van der Waals surface area contributed by atoms with Crippen LogP contribution in [0.5, 0.6) is 0 Å². The Morgan fingerprint density at radius 2 is 0.580 bits per heavy atom. The van der Waals surface area contributed by atoms with E-state index in [0.29, 0.717) is 17.7 Å². The number of benzene rings is 10. The zero-order chi connectivity index (χ0) is 45.7. The van der Waals surface area contributed by atoms with E-state index in [1.807, 2.05) is 0 Å². The topological polar surface area (TPSA) is 48.5 Å². The highest BCUT2D eigenvalue weighted by atomic mass is 32.3. The van der Waals surface area contributed by atoms with Gasteiger partial charge in [-0.3, -0.25) is 9.13 Å². The Bertz CT molecular complexity index is 3710. The van der Waals surface area contributed by atoms with Gasteiger partial charge in [0.05, 0.1) is 22.1 Å². The summed E-state index contributed by atoms with van der Waals surface area (Å²) in [6, 6.07) is 93.5. The molecule has 3 aromatic heterocycles. The third-order valence-electron chi connectivity index (χ3n) is 13.3. The van der Waals surface area contributed by atoms with Crippen LogP contribution in [0.2, 0.25) is 0 Å². The minimum Gasteiger partial charge on any atom is -0.278 e. The number of fused-ring (bicyclic) bond motifs is 6. The molecule has 3 heterocycles. The van der Waals surface area contributed by atoms with Crippen molar-refractivity contribution in [2.75, 3.05) is 0 Å². The Kier molecular flexibility index (Phi) is 9.84. The van der Waals surface area contributed by atoms with Crippen LogP contribution in [0.3, 0.4) is 0 Å². The zero-order valence-corrected chi connectivity index (χ0v) is 38.3. The van der Waals surface area contributed by atoms with Gasteiger partial charge in [0.1, 0.15) is 0 Å². The summed E-state index contributed by atoms with van der Waals surface area (Å²) in [6.45, 7) is 0. The van der Waals surface area contributed by atoms with E-state index in [2.05, 4.69) is 270 Å². The van der Waals surface area contributed by atoms with E-state index in [4.69, 9.17) is 15.0 Å². The van der Waals surface area contributed by atoms with Crippen LogP contribution in [0.1, 0.15) is 0 Å². The molecule has 0 saturated heterocycles. The van der Waals surface area contributed by atoms with Gasteiger partial charge < -0.3 is 0 Å². The van der Waals surface area contributed by atoms with E-state index < -0.39 is 10.0 Å². The SMILES string of the molecule is c1ccc(-c2ccc3c(c2)c2ccccc2n3-c2nc(-c3ccc(S(c4ccccc4)(c4ccccc4)c4ccccc4)cc3)nc(-n3c4ccccc4c4cc(-c5ccccc5)ccc43)n2)cc1. The molecule has 0 radical (unpaired) electrons. The second kappa shape index (κ2) is 16.8. The molecule has 6 heteroatoms. The molecule has 10 aromatic carbocycles. The van der Waals surface area contributed by atoms with Gasteiger partial charge >= 0.3 is 0 Å². The summed E-state index contributed by atoms with van der Waals surface area (Å²) >= 11 is 0. The first-order valence-corrected chi connectivity index (χ1v) is 24.9. The normalized spacial score (nSPS) is 12.0. The Balaban J connectivity index is 1.06. The largest absolute Gasteiger partial charge is 0.278 e. The van der Waals surface area contributed by atoms with Crippen molar-refractivity contribution in [2.24, 2.45) is 0 Å². The first kappa shape index (κ1) is 40.4. The lowest BCUT2D eigenvalue weighted by Crippen LogP contribution is -2.10. The first-order valence-electron chi connectivity index (χ1n) is 23.3. The molecule has 69 heavy (non-hydrogen) atoms. The highest BCUT2D eigenvalue weighted by molar-refractivity contribution is 8.34. The summed E-state index contributed by atoms with van der Waals surface area (Å²) in [6.07, 6.45) is 0. The number of nitrogens with zero attached hydrogens (tertiary/aromatic N) is 5. The number of para-hydroxylation sites is 2. The second-order valence-corrected chi connectivity index (χ2v) is 20.3. The third kappa shape index (κ3) is 6.75. The summed E-state index contributed by atoms with van der Waals surface area (Å²) in [5.41, 5.74) is 9.63. The lowest BCUT2D eigenvalue weighted by atomic mass is 10.0. The van der Waals surface area contributed by atoms with Gasteiger partial charge in [0, 0.05) is 46.7 Å². The maximum atomic E-state index is 5.49. The van der Waals surface area contributed by atoms with Crippen LogP contribution in [-0.2, 0) is 0 Å². The fraction of sp³-hybridized carbons (Fsp3) is 0. The van der Waals surface area contributed by atoms with Crippen molar-refractivity contribution in [2.45, 2.75) is 19.6 Å². The number of hydrogen-bond donors (Lipinski definition) is 0. The van der Waals surface area contributed by atoms with Crippen LogP contribution in [0.4, 0.5) is 0 Å². The van der Waals surface area contributed by atoms with Crippen molar-refractivity contribution in [1.82, 2.24) is 24.1 Å². The molecule has 326 valence electrons. The molecule has 13 aromatic rings. The molecule has 0 unspecified atom stereocenters. The van der Waals surface area contributed by atoms with Crippen LogP contribution >= 0.6 is 10.0 Å². The van der Waals surface area contributed by atoms with Crippen molar-refractivity contribution in [1.29, 1.82) is 0 Å². The summed E-state index contributed by atoms with van der Waals surface area (Å²) in [5, 5.41) is 4.52. The van der Waals surface area contributed by atoms with Crippen molar-refractivity contribution in [3.8, 4) is 45.5 Å². The minimum atomic E-state index is -1.90. The Labute approximate surface area is 401 Å². The van der Waals surface area contributed by atoms with Gasteiger partial charge in [0.2, 0.25) is 11.9 Å². The molecule has 0 amide bonds. The van der Waals surface area contributed by atoms with Gasteiger partial charge in [0.15, 0.2) is 5.82 Å². The summed E-state index contributed by atoms with van der Waals surface area (Å²) in [7, 11) is -1.90. The van der Waals surface area contributed by atoms with Gasteiger partial charge in [-0.15, -0.1) is 10.0 Å². The Morgan fingerprint density at radius 1 is 0.246 bits per heavy atom. The van der Waals surface area contributed by atoms with Crippen molar-refractivity contribution >= 4 is 53.6 Å². The molecule has 5 nitrogen and oxygen atoms in total. The molecule has 0 spiro atoms. The lowest BCUT2D eigenvalue weighted by Gasteiger charge is -2.42. The highest BCUT2D eigenvalue weighted by Crippen LogP contribution is 2.73. The van der Waals surface area contributed by atoms with E-state index in [9.17, 15) is 0 Å². The summed E-state index contributed by atoms with van der Waals surface area (Å²) < 4.78 is 4.42. The Morgan fingerprint density at radius 3 is 1.00 bits per heavy atom. The molecule has 0 saturated carbocycles. The van der Waals surface area contributed by atoms with Crippen LogP contribution in [0.15, 0.2) is 280 Å². The molecular weight excluding hydrogens is 859 g/mol. The molecule has 0 aliphatic heterocycles. The predicted molar refractivity (Wildman–Crippen MR) is 285 cm³/mol. The Hall–Kier alpha value is -8.84. The molecule has 13 rings (SSSR count). The van der Waals surface area contributed by atoms with Crippen LogP contribution in [-0.4, -0.2) is 24.1 Å². The van der Waals surface area contributed by atoms with E-state index in [1.165, 1.54) is 30.7 Å². The predicted octanol–water partition coefficient (Wildman–Crippen LogP) is 16.4. The minimum absolute atomic E-state index is 0.544. The number of aromatic nitrogens is 5. The molecule has 0 N–H and O–H groups in total. The molecular formula is C63H43N5S. The van der Waals surface area contributed by atoms with Crippen LogP contribution in [0.25, 0.3) is 89.2 Å². The summed E-state index contributed by atoms with van der Waals surface area (Å²) in [4.78, 5) is 21.4. The standard InChI is InChI=1S/C63H43N5S/c1-6-20-44(21-7-1)47-36-40-59-55(42-47)53-30-16-18-32-57(53)67(59)62-64-61(65-63(66-62)68-58-33-19-17-31-54(58)56-43-48(37-41-60(56)68)45-22-8-2-9-23-45)46-34-38-52(39-35-46)69(49-24-10-3-11-25-49,50-26-12-4-13-27-50)51-28-14-5-15-29-51/h1-43H. The monoisotopic (exact) mass is 901 g/mol.